The number of likely N-dealkylation sites (N-methyl/N-ethyl adjacent to an activating group) is 1. The Bertz CT molecular complexity index is 329. The molecule has 0 aliphatic rings. The second-order valence-corrected chi connectivity index (χ2v) is 3.62. The lowest BCUT2D eigenvalue weighted by molar-refractivity contribution is 0.0696. The molecule has 0 amide bonds. The Morgan fingerprint density at radius 1 is 1.57 bits per heavy atom. The SMILES string of the molecule is Cc1c(C(=O)O)ccn1CCN(C)C. The molecule has 1 heterocycles. The molecular formula is C10H16N2O2. The highest BCUT2D eigenvalue weighted by Gasteiger charge is 2.10. The highest BCUT2D eigenvalue weighted by Crippen LogP contribution is 2.09. The van der Waals surface area contributed by atoms with E-state index in [1.54, 1.807) is 6.07 Å². The van der Waals surface area contributed by atoms with E-state index in [0.29, 0.717) is 5.56 Å². The van der Waals surface area contributed by atoms with Crippen molar-refractivity contribution in [3.05, 3.63) is 23.5 Å². The number of aromatic nitrogens is 1. The lowest BCUT2D eigenvalue weighted by Crippen LogP contribution is -2.18. The van der Waals surface area contributed by atoms with E-state index in [-0.39, 0.29) is 0 Å². The molecule has 1 N–H and O–H groups in total. The van der Waals surface area contributed by atoms with Gasteiger partial charge in [-0.1, -0.05) is 0 Å². The summed E-state index contributed by atoms with van der Waals surface area (Å²) in [6.45, 7) is 3.57. The number of carboxylic acids is 1. The maximum atomic E-state index is 10.7. The number of rotatable bonds is 4. The van der Waals surface area contributed by atoms with Gasteiger partial charge in [-0.25, -0.2) is 4.79 Å². The summed E-state index contributed by atoms with van der Waals surface area (Å²) >= 11 is 0. The fourth-order valence-electron chi connectivity index (χ4n) is 1.33. The molecule has 0 saturated carbocycles. The molecule has 0 saturated heterocycles. The quantitative estimate of drug-likeness (QED) is 0.783. The summed E-state index contributed by atoms with van der Waals surface area (Å²) in [5.41, 5.74) is 1.21. The predicted octanol–water partition coefficient (Wildman–Crippen LogP) is 1.06. The van der Waals surface area contributed by atoms with Crippen LogP contribution >= 0.6 is 0 Å². The zero-order valence-corrected chi connectivity index (χ0v) is 8.82. The smallest absolute Gasteiger partial charge is 0.337 e. The van der Waals surface area contributed by atoms with Crippen molar-refractivity contribution in [1.29, 1.82) is 0 Å². The number of aromatic carboxylic acids is 1. The summed E-state index contributed by atoms with van der Waals surface area (Å²) in [6.07, 6.45) is 1.82. The van der Waals surface area contributed by atoms with Gasteiger partial charge < -0.3 is 14.6 Å². The molecule has 0 bridgehead atoms. The van der Waals surface area contributed by atoms with Crippen LogP contribution in [0.1, 0.15) is 16.1 Å². The molecular weight excluding hydrogens is 180 g/mol. The van der Waals surface area contributed by atoms with E-state index in [0.717, 1.165) is 18.8 Å². The third-order valence-corrected chi connectivity index (χ3v) is 2.26. The Hall–Kier alpha value is -1.29. The first-order valence-corrected chi connectivity index (χ1v) is 4.56. The lowest BCUT2D eigenvalue weighted by Gasteiger charge is -2.11. The highest BCUT2D eigenvalue weighted by molar-refractivity contribution is 5.88. The standard InChI is InChI=1S/C10H16N2O2/c1-8-9(10(13)14)4-5-12(8)7-6-11(2)3/h4-5H,6-7H2,1-3H3,(H,13,14). The molecule has 0 aliphatic carbocycles. The van der Waals surface area contributed by atoms with Crippen LogP contribution in [0.5, 0.6) is 0 Å². The van der Waals surface area contributed by atoms with Gasteiger partial charge in [-0.15, -0.1) is 0 Å². The van der Waals surface area contributed by atoms with Crippen LogP contribution in [-0.4, -0.2) is 41.2 Å². The van der Waals surface area contributed by atoms with Crippen molar-refractivity contribution in [2.24, 2.45) is 0 Å². The highest BCUT2D eigenvalue weighted by atomic mass is 16.4. The molecule has 0 aromatic carbocycles. The first kappa shape index (κ1) is 10.8. The van der Waals surface area contributed by atoms with Crippen molar-refractivity contribution in [1.82, 2.24) is 9.47 Å². The average molecular weight is 196 g/mol. The van der Waals surface area contributed by atoms with Gasteiger partial charge in [-0.2, -0.15) is 0 Å². The van der Waals surface area contributed by atoms with Gasteiger partial charge in [0.1, 0.15) is 0 Å². The predicted molar refractivity (Wildman–Crippen MR) is 54.7 cm³/mol. The van der Waals surface area contributed by atoms with Crippen LogP contribution in [0.2, 0.25) is 0 Å². The number of nitrogens with zero attached hydrogens (tertiary/aromatic N) is 2. The molecule has 0 fully saturated rings. The molecule has 1 rings (SSSR count). The zero-order chi connectivity index (χ0) is 10.7. The van der Waals surface area contributed by atoms with E-state index < -0.39 is 5.97 Å². The van der Waals surface area contributed by atoms with Gasteiger partial charge >= 0.3 is 5.97 Å². The number of carboxylic acid groups (broad SMARTS) is 1. The molecule has 14 heavy (non-hydrogen) atoms. The molecule has 78 valence electrons. The monoisotopic (exact) mass is 196 g/mol. The Morgan fingerprint density at radius 3 is 2.64 bits per heavy atom. The summed E-state index contributed by atoms with van der Waals surface area (Å²) in [5, 5.41) is 8.83. The van der Waals surface area contributed by atoms with Gasteiger partial charge in [0.25, 0.3) is 0 Å². The topological polar surface area (TPSA) is 45.5 Å². The van der Waals surface area contributed by atoms with Crippen LogP contribution < -0.4 is 0 Å². The van der Waals surface area contributed by atoms with E-state index in [2.05, 4.69) is 4.90 Å². The average Bonchev–Trinajstić information content (AvgIpc) is 2.43. The Kier molecular flexibility index (Phi) is 3.30. The molecule has 0 unspecified atom stereocenters. The zero-order valence-electron chi connectivity index (χ0n) is 8.82. The number of carbonyl (C=O) groups is 1. The molecule has 0 radical (unpaired) electrons. The van der Waals surface area contributed by atoms with Crippen molar-refractivity contribution < 1.29 is 9.90 Å². The van der Waals surface area contributed by atoms with Crippen LogP contribution in [0.3, 0.4) is 0 Å². The third-order valence-electron chi connectivity index (χ3n) is 2.26. The first-order valence-electron chi connectivity index (χ1n) is 4.56. The minimum Gasteiger partial charge on any atom is -0.478 e. The van der Waals surface area contributed by atoms with E-state index in [9.17, 15) is 4.79 Å². The maximum Gasteiger partial charge on any atom is 0.337 e. The minimum absolute atomic E-state index is 0.392. The molecule has 0 spiro atoms. The largest absolute Gasteiger partial charge is 0.478 e. The molecule has 0 atom stereocenters. The van der Waals surface area contributed by atoms with Crippen molar-refractivity contribution in [3.8, 4) is 0 Å². The van der Waals surface area contributed by atoms with Crippen LogP contribution in [0.15, 0.2) is 12.3 Å². The van der Waals surface area contributed by atoms with E-state index in [1.165, 1.54) is 0 Å². The maximum absolute atomic E-state index is 10.7. The molecule has 0 aliphatic heterocycles. The minimum atomic E-state index is -0.855. The summed E-state index contributed by atoms with van der Waals surface area (Å²) in [5.74, 6) is -0.855. The van der Waals surface area contributed by atoms with Crippen LogP contribution in [-0.2, 0) is 6.54 Å². The van der Waals surface area contributed by atoms with Gasteiger partial charge in [0.15, 0.2) is 0 Å². The molecule has 4 nitrogen and oxygen atoms in total. The second kappa shape index (κ2) is 4.28. The third kappa shape index (κ3) is 2.35. The van der Waals surface area contributed by atoms with E-state index >= 15 is 0 Å². The second-order valence-electron chi connectivity index (χ2n) is 3.62. The van der Waals surface area contributed by atoms with Crippen molar-refractivity contribution in [2.75, 3.05) is 20.6 Å². The van der Waals surface area contributed by atoms with Gasteiger partial charge in [0.05, 0.1) is 5.56 Å². The fourth-order valence-corrected chi connectivity index (χ4v) is 1.33. The summed E-state index contributed by atoms with van der Waals surface area (Å²) in [6, 6.07) is 1.65. The molecule has 1 aromatic heterocycles. The molecule has 4 heteroatoms. The summed E-state index contributed by atoms with van der Waals surface area (Å²) in [7, 11) is 3.99. The Balaban J connectivity index is 2.74. The Morgan fingerprint density at radius 2 is 2.21 bits per heavy atom. The van der Waals surface area contributed by atoms with Gasteiger partial charge in [0.2, 0.25) is 0 Å². The lowest BCUT2D eigenvalue weighted by atomic mass is 10.2. The van der Waals surface area contributed by atoms with Gasteiger partial charge in [0, 0.05) is 25.0 Å². The number of hydrogen-bond donors (Lipinski definition) is 1. The summed E-state index contributed by atoms with van der Waals surface area (Å²) < 4.78 is 1.96. The van der Waals surface area contributed by atoms with Gasteiger partial charge in [-0.05, 0) is 27.1 Å². The van der Waals surface area contributed by atoms with Crippen LogP contribution in [0.4, 0.5) is 0 Å². The number of hydrogen-bond acceptors (Lipinski definition) is 2. The molecule has 1 aromatic rings. The fraction of sp³-hybridized carbons (Fsp3) is 0.500. The Labute approximate surface area is 83.8 Å². The van der Waals surface area contributed by atoms with E-state index in [4.69, 9.17) is 5.11 Å². The van der Waals surface area contributed by atoms with Gasteiger partial charge in [-0.3, -0.25) is 0 Å². The van der Waals surface area contributed by atoms with Crippen molar-refractivity contribution in [3.63, 3.8) is 0 Å². The van der Waals surface area contributed by atoms with E-state index in [1.807, 2.05) is 31.8 Å². The van der Waals surface area contributed by atoms with Crippen molar-refractivity contribution >= 4 is 5.97 Å². The van der Waals surface area contributed by atoms with Crippen molar-refractivity contribution in [2.45, 2.75) is 13.5 Å². The van der Waals surface area contributed by atoms with Crippen LogP contribution in [0.25, 0.3) is 0 Å². The van der Waals surface area contributed by atoms with Crippen LogP contribution in [0, 0.1) is 6.92 Å². The first-order chi connectivity index (χ1) is 6.52. The summed E-state index contributed by atoms with van der Waals surface area (Å²) in [4.78, 5) is 12.8. The normalized spacial score (nSPS) is 10.9.